The van der Waals surface area contributed by atoms with Crippen molar-refractivity contribution in [2.75, 3.05) is 11.9 Å². The van der Waals surface area contributed by atoms with E-state index in [9.17, 15) is 14.9 Å². The summed E-state index contributed by atoms with van der Waals surface area (Å²) < 4.78 is 5.67. The Hall–Kier alpha value is -3.20. The standard InChI is InChI=1S/C23H25N3O3/c1-14(2)11-21-19-6-4-5-18(19)20(12-24)23(26-21)29-13-22(28)25-17-9-7-16(8-10-17)15(3)27/h7-10,14H,4-6,11,13H2,1-3H3,(H,25,28). The zero-order valence-corrected chi connectivity index (χ0v) is 17.0. The lowest BCUT2D eigenvalue weighted by Gasteiger charge is -2.15. The summed E-state index contributed by atoms with van der Waals surface area (Å²) >= 11 is 0. The molecule has 0 saturated heterocycles. The van der Waals surface area contributed by atoms with E-state index in [-0.39, 0.29) is 24.2 Å². The first kappa shape index (κ1) is 20.5. The summed E-state index contributed by atoms with van der Waals surface area (Å²) in [7, 11) is 0. The molecule has 0 bridgehead atoms. The van der Waals surface area contributed by atoms with Gasteiger partial charge in [0, 0.05) is 16.9 Å². The van der Waals surface area contributed by atoms with Crippen LogP contribution in [0.1, 0.15) is 59.9 Å². The normalized spacial score (nSPS) is 12.4. The van der Waals surface area contributed by atoms with Gasteiger partial charge in [-0.05, 0) is 73.9 Å². The quantitative estimate of drug-likeness (QED) is 0.724. The first-order chi connectivity index (χ1) is 13.9. The van der Waals surface area contributed by atoms with Gasteiger partial charge in [0.25, 0.3) is 5.91 Å². The van der Waals surface area contributed by atoms with Crippen molar-refractivity contribution in [3.63, 3.8) is 0 Å². The Balaban J connectivity index is 1.73. The maximum absolute atomic E-state index is 12.3. The number of nitrogens with zero attached hydrogens (tertiary/aromatic N) is 2. The maximum atomic E-state index is 12.3. The number of hydrogen-bond donors (Lipinski definition) is 1. The van der Waals surface area contributed by atoms with Gasteiger partial charge in [0.15, 0.2) is 12.4 Å². The molecule has 3 rings (SSSR count). The van der Waals surface area contributed by atoms with Crippen molar-refractivity contribution in [1.29, 1.82) is 5.26 Å². The molecule has 1 N–H and O–H groups in total. The summed E-state index contributed by atoms with van der Waals surface area (Å²) in [5, 5.41) is 12.4. The third-order valence-electron chi connectivity index (χ3n) is 4.95. The molecule has 1 aliphatic carbocycles. The van der Waals surface area contributed by atoms with Gasteiger partial charge < -0.3 is 10.1 Å². The Morgan fingerprint density at radius 3 is 2.52 bits per heavy atom. The van der Waals surface area contributed by atoms with Crippen molar-refractivity contribution in [3.05, 3.63) is 52.2 Å². The van der Waals surface area contributed by atoms with Crippen LogP contribution in [0.5, 0.6) is 5.88 Å². The summed E-state index contributed by atoms with van der Waals surface area (Å²) in [5.41, 5.74) is 4.78. The number of Topliss-reactive ketones (excluding diaryl/α,β-unsaturated/α-hetero) is 1. The molecule has 0 fully saturated rings. The molecule has 0 atom stereocenters. The van der Waals surface area contributed by atoms with Crippen LogP contribution in [0, 0.1) is 17.2 Å². The molecule has 0 saturated carbocycles. The molecule has 1 aliphatic rings. The second-order valence-electron chi connectivity index (χ2n) is 7.73. The third kappa shape index (κ3) is 4.80. The molecule has 29 heavy (non-hydrogen) atoms. The van der Waals surface area contributed by atoms with Crippen LogP contribution in [0.4, 0.5) is 5.69 Å². The van der Waals surface area contributed by atoms with Crippen LogP contribution in [0.25, 0.3) is 0 Å². The number of carbonyl (C=O) groups is 2. The minimum absolute atomic E-state index is 0.0323. The topological polar surface area (TPSA) is 92.1 Å². The highest BCUT2D eigenvalue weighted by Crippen LogP contribution is 2.33. The predicted octanol–water partition coefficient (Wildman–Crippen LogP) is 3.86. The lowest BCUT2D eigenvalue weighted by atomic mass is 9.98. The van der Waals surface area contributed by atoms with Gasteiger partial charge >= 0.3 is 0 Å². The van der Waals surface area contributed by atoms with Crippen LogP contribution in [0.15, 0.2) is 24.3 Å². The number of anilines is 1. The first-order valence-corrected chi connectivity index (χ1v) is 9.87. The summed E-state index contributed by atoms with van der Waals surface area (Å²) in [6.07, 6.45) is 3.61. The molecule has 1 aromatic carbocycles. The number of amides is 1. The highest BCUT2D eigenvalue weighted by atomic mass is 16.5. The van der Waals surface area contributed by atoms with E-state index in [2.05, 4.69) is 30.2 Å². The molecule has 1 heterocycles. The zero-order chi connectivity index (χ0) is 21.0. The number of aromatic nitrogens is 1. The molecular formula is C23H25N3O3. The fraction of sp³-hybridized carbons (Fsp3) is 0.391. The van der Waals surface area contributed by atoms with E-state index in [1.54, 1.807) is 24.3 Å². The number of nitrogens with one attached hydrogen (secondary N) is 1. The average Bonchev–Trinajstić information content (AvgIpc) is 3.16. The Bertz CT molecular complexity index is 972. The van der Waals surface area contributed by atoms with Crippen molar-refractivity contribution >= 4 is 17.4 Å². The molecule has 0 radical (unpaired) electrons. The highest BCUT2D eigenvalue weighted by Gasteiger charge is 2.25. The van der Waals surface area contributed by atoms with E-state index in [1.807, 2.05) is 0 Å². The van der Waals surface area contributed by atoms with Crippen LogP contribution in [0.3, 0.4) is 0 Å². The number of nitriles is 1. The van der Waals surface area contributed by atoms with Gasteiger partial charge in [0.1, 0.15) is 11.6 Å². The first-order valence-electron chi connectivity index (χ1n) is 9.87. The molecule has 1 amide bonds. The van der Waals surface area contributed by atoms with Crippen LogP contribution in [-0.2, 0) is 24.1 Å². The lowest BCUT2D eigenvalue weighted by Crippen LogP contribution is -2.21. The van der Waals surface area contributed by atoms with E-state index in [4.69, 9.17) is 4.74 Å². The number of carbonyl (C=O) groups excluding carboxylic acids is 2. The van der Waals surface area contributed by atoms with Gasteiger partial charge in [-0.15, -0.1) is 0 Å². The van der Waals surface area contributed by atoms with Crippen molar-refractivity contribution in [2.45, 2.75) is 46.5 Å². The van der Waals surface area contributed by atoms with Gasteiger partial charge in [-0.2, -0.15) is 5.26 Å². The molecule has 1 aromatic heterocycles. The number of ether oxygens (including phenoxy) is 1. The minimum atomic E-state index is -0.350. The van der Waals surface area contributed by atoms with Crippen molar-refractivity contribution in [1.82, 2.24) is 4.98 Å². The van der Waals surface area contributed by atoms with E-state index >= 15 is 0 Å². The smallest absolute Gasteiger partial charge is 0.262 e. The molecule has 0 aliphatic heterocycles. The molecule has 6 nitrogen and oxygen atoms in total. The van der Waals surface area contributed by atoms with E-state index < -0.39 is 0 Å². The summed E-state index contributed by atoms with van der Waals surface area (Å²) in [5.74, 6) is 0.299. The van der Waals surface area contributed by atoms with Gasteiger partial charge in [-0.1, -0.05) is 13.8 Å². The molecule has 6 heteroatoms. The predicted molar refractivity (Wildman–Crippen MR) is 110 cm³/mol. The Morgan fingerprint density at radius 1 is 1.21 bits per heavy atom. The Kier molecular flexibility index (Phi) is 6.28. The van der Waals surface area contributed by atoms with Crippen LogP contribution < -0.4 is 10.1 Å². The van der Waals surface area contributed by atoms with Gasteiger partial charge in [0.2, 0.25) is 5.88 Å². The summed E-state index contributed by atoms with van der Waals surface area (Å²) in [6, 6.07) is 8.88. The molecule has 150 valence electrons. The Morgan fingerprint density at radius 2 is 1.90 bits per heavy atom. The van der Waals surface area contributed by atoms with Crippen LogP contribution in [-0.4, -0.2) is 23.3 Å². The Labute approximate surface area is 170 Å². The second-order valence-corrected chi connectivity index (χ2v) is 7.73. The number of benzene rings is 1. The number of fused-ring (bicyclic) bond motifs is 1. The summed E-state index contributed by atoms with van der Waals surface area (Å²) in [6.45, 7) is 5.51. The van der Waals surface area contributed by atoms with E-state index in [0.29, 0.717) is 22.7 Å². The fourth-order valence-electron chi connectivity index (χ4n) is 3.61. The van der Waals surface area contributed by atoms with Gasteiger partial charge in [0.05, 0.1) is 0 Å². The number of ketones is 1. The van der Waals surface area contributed by atoms with E-state index in [1.165, 1.54) is 12.5 Å². The monoisotopic (exact) mass is 391 g/mol. The SMILES string of the molecule is CC(=O)c1ccc(NC(=O)COc2nc(CC(C)C)c3c(c2C#N)CCC3)cc1. The number of rotatable bonds is 7. The number of pyridine rings is 1. The average molecular weight is 391 g/mol. The van der Waals surface area contributed by atoms with Gasteiger partial charge in [-0.3, -0.25) is 9.59 Å². The van der Waals surface area contributed by atoms with Crippen LogP contribution >= 0.6 is 0 Å². The third-order valence-corrected chi connectivity index (χ3v) is 4.95. The largest absolute Gasteiger partial charge is 0.467 e. The van der Waals surface area contributed by atoms with Crippen molar-refractivity contribution in [2.24, 2.45) is 5.92 Å². The fourth-order valence-corrected chi connectivity index (χ4v) is 3.61. The zero-order valence-electron chi connectivity index (χ0n) is 17.0. The summed E-state index contributed by atoms with van der Waals surface area (Å²) in [4.78, 5) is 28.2. The van der Waals surface area contributed by atoms with Gasteiger partial charge in [-0.25, -0.2) is 4.98 Å². The maximum Gasteiger partial charge on any atom is 0.262 e. The van der Waals surface area contributed by atoms with Crippen molar-refractivity contribution < 1.29 is 14.3 Å². The minimum Gasteiger partial charge on any atom is -0.467 e. The highest BCUT2D eigenvalue weighted by molar-refractivity contribution is 5.95. The number of hydrogen-bond acceptors (Lipinski definition) is 5. The molecule has 0 unspecified atom stereocenters. The lowest BCUT2D eigenvalue weighted by molar-refractivity contribution is -0.118. The van der Waals surface area contributed by atoms with Crippen LogP contribution in [0.2, 0.25) is 0 Å². The van der Waals surface area contributed by atoms with Crippen molar-refractivity contribution in [3.8, 4) is 11.9 Å². The molecular weight excluding hydrogens is 366 g/mol. The second kappa shape index (κ2) is 8.87. The molecule has 2 aromatic rings. The molecule has 0 spiro atoms. The van der Waals surface area contributed by atoms with E-state index in [0.717, 1.165) is 36.9 Å².